The minimum Gasteiger partial charge on any atom is -0.366 e. The highest BCUT2D eigenvalue weighted by atomic mass is 15.0. The van der Waals surface area contributed by atoms with Crippen LogP contribution in [0, 0.1) is 0 Å². The number of hydrogen-bond donors (Lipinski definition) is 1. The molecule has 0 unspecified atom stereocenters. The summed E-state index contributed by atoms with van der Waals surface area (Å²) in [5.74, 6) is 1.04. The molecule has 2 nitrogen and oxygen atoms in total. The summed E-state index contributed by atoms with van der Waals surface area (Å²) in [5.41, 5.74) is 2.73. The fourth-order valence-electron chi connectivity index (χ4n) is 1.42. The van der Waals surface area contributed by atoms with E-state index >= 15 is 0 Å². The maximum absolute atomic E-state index is 4.23. The lowest BCUT2D eigenvalue weighted by Gasteiger charge is -2.08. The van der Waals surface area contributed by atoms with E-state index in [1.165, 1.54) is 11.1 Å². The molecule has 0 aromatic rings. The predicted octanol–water partition coefficient (Wildman–Crippen LogP) is 2.29. The largest absolute Gasteiger partial charge is 0.366 e. The van der Waals surface area contributed by atoms with Crippen LogP contribution in [0.25, 0.3) is 0 Å². The number of nitrogens with one attached hydrogen (secondary N) is 1. The molecule has 0 saturated heterocycles. The van der Waals surface area contributed by atoms with E-state index in [1.54, 1.807) is 0 Å². The topological polar surface area (TPSA) is 24.4 Å². The fourth-order valence-corrected chi connectivity index (χ4v) is 1.42. The fraction of sp³-hybridized carbons (Fsp3) is 0.545. The maximum atomic E-state index is 4.23. The second-order valence-corrected chi connectivity index (χ2v) is 3.15. The van der Waals surface area contributed by atoms with Crippen LogP contribution in [0.4, 0.5) is 0 Å². The van der Waals surface area contributed by atoms with E-state index in [9.17, 15) is 0 Å². The van der Waals surface area contributed by atoms with Gasteiger partial charge in [0.15, 0.2) is 0 Å². The van der Waals surface area contributed by atoms with Gasteiger partial charge in [0.25, 0.3) is 0 Å². The Labute approximate surface area is 80.4 Å². The third-order valence-corrected chi connectivity index (χ3v) is 2.37. The summed E-state index contributed by atoms with van der Waals surface area (Å²) in [6.07, 6.45) is 6.54. The highest BCUT2D eigenvalue weighted by Gasteiger charge is 2.07. The third kappa shape index (κ3) is 2.44. The van der Waals surface area contributed by atoms with E-state index in [1.807, 2.05) is 7.05 Å². The molecule has 0 atom stereocenters. The zero-order chi connectivity index (χ0) is 9.68. The molecule has 1 aliphatic rings. The molecule has 72 valence electrons. The van der Waals surface area contributed by atoms with E-state index in [0.717, 1.165) is 25.2 Å². The molecule has 0 fully saturated rings. The Balaban J connectivity index is 2.85. The molecule has 0 aromatic heterocycles. The number of amidine groups is 1. The molecule has 0 saturated carbocycles. The molecule has 0 aromatic carbocycles. The lowest BCUT2D eigenvalue weighted by molar-refractivity contribution is 0.919. The molecule has 13 heavy (non-hydrogen) atoms. The molecule has 0 spiro atoms. The molecule has 1 N–H and O–H groups in total. The monoisotopic (exact) mass is 178 g/mol. The minimum atomic E-state index is 0.934. The van der Waals surface area contributed by atoms with Crippen molar-refractivity contribution in [2.45, 2.75) is 26.7 Å². The van der Waals surface area contributed by atoms with Crippen LogP contribution < -0.4 is 5.32 Å². The zero-order valence-electron chi connectivity index (χ0n) is 8.72. The van der Waals surface area contributed by atoms with Gasteiger partial charge in [-0.25, -0.2) is 0 Å². The van der Waals surface area contributed by atoms with Crippen LogP contribution in [-0.4, -0.2) is 19.4 Å². The Kier molecular flexibility index (Phi) is 3.74. The van der Waals surface area contributed by atoms with Gasteiger partial charge in [0.05, 0.1) is 0 Å². The molecule has 1 heterocycles. The van der Waals surface area contributed by atoms with E-state index in [2.05, 4.69) is 36.3 Å². The molecular weight excluding hydrogens is 160 g/mol. The molecule has 0 bridgehead atoms. The summed E-state index contributed by atoms with van der Waals surface area (Å²) in [4.78, 5) is 4.23. The van der Waals surface area contributed by atoms with Gasteiger partial charge < -0.3 is 5.32 Å². The van der Waals surface area contributed by atoms with Gasteiger partial charge in [-0.1, -0.05) is 31.6 Å². The molecule has 0 radical (unpaired) electrons. The van der Waals surface area contributed by atoms with Crippen molar-refractivity contribution in [3.8, 4) is 0 Å². The van der Waals surface area contributed by atoms with Gasteiger partial charge in [0.2, 0.25) is 0 Å². The number of allylic oxidation sites excluding steroid dienone is 2. The van der Waals surface area contributed by atoms with Crippen LogP contribution in [0.15, 0.2) is 28.3 Å². The Bertz CT molecular complexity index is 259. The maximum Gasteiger partial charge on any atom is 0.124 e. The van der Waals surface area contributed by atoms with Crippen LogP contribution in [0.5, 0.6) is 0 Å². The van der Waals surface area contributed by atoms with Crippen molar-refractivity contribution in [1.29, 1.82) is 0 Å². The number of nitrogens with zero attached hydrogens (tertiary/aromatic N) is 1. The summed E-state index contributed by atoms with van der Waals surface area (Å²) in [5, 5.41) is 3.35. The van der Waals surface area contributed by atoms with Gasteiger partial charge in [-0.05, 0) is 18.4 Å². The van der Waals surface area contributed by atoms with E-state index in [4.69, 9.17) is 0 Å². The van der Waals surface area contributed by atoms with Crippen LogP contribution in [0.2, 0.25) is 0 Å². The highest BCUT2D eigenvalue weighted by molar-refractivity contribution is 5.98. The molecule has 0 aliphatic carbocycles. The Morgan fingerprint density at radius 2 is 2.08 bits per heavy atom. The van der Waals surface area contributed by atoms with Gasteiger partial charge in [-0.15, -0.1) is 0 Å². The second-order valence-electron chi connectivity index (χ2n) is 3.15. The predicted molar refractivity (Wildman–Crippen MR) is 58.1 cm³/mol. The first-order chi connectivity index (χ1) is 6.31. The summed E-state index contributed by atoms with van der Waals surface area (Å²) in [6.45, 7) is 5.27. The smallest absolute Gasteiger partial charge is 0.124 e. The first-order valence-electron chi connectivity index (χ1n) is 4.91. The first kappa shape index (κ1) is 10.0. The van der Waals surface area contributed by atoms with Gasteiger partial charge in [0, 0.05) is 13.6 Å². The molecule has 2 heteroatoms. The average molecular weight is 178 g/mol. The van der Waals surface area contributed by atoms with Crippen molar-refractivity contribution in [3.05, 3.63) is 23.3 Å². The lowest BCUT2D eigenvalue weighted by Crippen LogP contribution is -2.25. The van der Waals surface area contributed by atoms with Crippen molar-refractivity contribution >= 4 is 5.84 Å². The Hall–Kier alpha value is -1.05. The van der Waals surface area contributed by atoms with Crippen LogP contribution in [0.3, 0.4) is 0 Å². The summed E-state index contributed by atoms with van der Waals surface area (Å²) < 4.78 is 0. The lowest BCUT2D eigenvalue weighted by atomic mass is 10.1. The van der Waals surface area contributed by atoms with E-state index in [-0.39, 0.29) is 0 Å². The van der Waals surface area contributed by atoms with Gasteiger partial charge >= 0.3 is 0 Å². The Morgan fingerprint density at radius 3 is 2.62 bits per heavy atom. The van der Waals surface area contributed by atoms with Crippen molar-refractivity contribution in [3.63, 3.8) is 0 Å². The number of hydrogen-bond acceptors (Lipinski definition) is 1. The van der Waals surface area contributed by atoms with Crippen LogP contribution in [-0.2, 0) is 0 Å². The Morgan fingerprint density at radius 1 is 1.31 bits per heavy atom. The average Bonchev–Trinajstić information content (AvgIpc) is 2.38. The van der Waals surface area contributed by atoms with E-state index < -0.39 is 0 Å². The zero-order valence-corrected chi connectivity index (χ0v) is 8.72. The molecule has 1 rings (SSSR count). The summed E-state index contributed by atoms with van der Waals surface area (Å²) >= 11 is 0. The van der Waals surface area contributed by atoms with Gasteiger partial charge in [0.1, 0.15) is 5.84 Å². The third-order valence-electron chi connectivity index (χ3n) is 2.37. The quantitative estimate of drug-likeness (QED) is 0.689. The highest BCUT2D eigenvalue weighted by Crippen LogP contribution is 2.10. The van der Waals surface area contributed by atoms with Crippen molar-refractivity contribution in [2.75, 3.05) is 13.6 Å². The SMILES string of the molecule is CCC1=CC=C(CC)C(=NC)NC1. The standard InChI is InChI=1S/C11H18N2/c1-4-9-6-7-10(5-2)11(12-3)13-8-9/h6-7H,4-5,8H2,1-3H3,(H,12,13). The minimum absolute atomic E-state index is 0.934. The summed E-state index contributed by atoms with van der Waals surface area (Å²) in [7, 11) is 1.84. The number of aliphatic imine (C=N–C) groups is 1. The van der Waals surface area contributed by atoms with Crippen molar-refractivity contribution in [2.24, 2.45) is 4.99 Å². The molecule has 0 amide bonds. The van der Waals surface area contributed by atoms with Gasteiger partial charge in [-0.2, -0.15) is 0 Å². The second kappa shape index (κ2) is 4.85. The van der Waals surface area contributed by atoms with Gasteiger partial charge in [-0.3, -0.25) is 4.99 Å². The molecule has 1 aliphatic heterocycles. The van der Waals surface area contributed by atoms with E-state index in [0.29, 0.717) is 0 Å². The van der Waals surface area contributed by atoms with Crippen molar-refractivity contribution in [1.82, 2.24) is 5.32 Å². The van der Waals surface area contributed by atoms with Crippen LogP contribution in [0.1, 0.15) is 26.7 Å². The normalized spacial score (nSPS) is 20.4. The molecular formula is C11H18N2. The first-order valence-corrected chi connectivity index (χ1v) is 4.91. The van der Waals surface area contributed by atoms with Crippen molar-refractivity contribution < 1.29 is 0 Å². The number of rotatable bonds is 2. The summed E-state index contributed by atoms with van der Waals surface area (Å²) in [6, 6.07) is 0. The van der Waals surface area contributed by atoms with Crippen LogP contribution >= 0.6 is 0 Å².